The highest BCUT2D eigenvalue weighted by atomic mass is 35.5. The first kappa shape index (κ1) is 73.4. The van der Waals surface area contributed by atoms with Crippen LogP contribution in [0.25, 0.3) is 50.6 Å². The van der Waals surface area contributed by atoms with Crippen LogP contribution in [0.3, 0.4) is 0 Å². The largest absolute Gasteiger partial charge is 0.353 e. The van der Waals surface area contributed by atoms with Crippen molar-refractivity contribution in [2.45, 2.75) is 63.7 Å². The van der Waals surface area contributed by atoms with Crippen molar-refractivity contribution in [2.75, 3.05) is 72.0 Å². The van der Waals surface area contributed by atoms with E-state index >= 15 is 0 Å². The second-order valence-corrected chi connectivity index (χ2v) is 28.6. The van der Waals surface area contributed by atoms with Crippen LogP contribution in [0.1, 0.15) is 79.3 Å². The summed E-state index contributed by atoms with van der Waals surface area (Å²) in [6.45, 7) is 10.2. The number of nitrogens with one attached hydrogen (secondary N) is 4. The second kappa shape index (κ2) is 32.9. The Kier molecular flexibility index (Phi) is 21.0. The fraction of sp³-hybridized carbons (Fsp3) is 0.220. The molecule has 4 amide bonds. The third-order valence-corrected chi connectivity index (χ3v) is 20.8. The molecule has 578 valence electrons. The maximum Gasteiger partial charge on any atom is 0.292 e. The van der Waals surface area contributed by atoms with E-state index in [1.165, 1.54) is 11.9 Å². The number of hydrogen-bond acceptors (Lipinski definition) is 21. The summed E-state index contributed by atoms with van der Waals surface area (Å²) in [5.74, 6) is 3.52. The predicted octanol–water partition coefficient (Wildman–Crippen LogP) is 9.43. The minimum absolute atomic E-state index is 0.00296. The minimum atomic E-state index is -0.327. The third-order valence-electron chi connectivity index (χ3n) is 20.5. The molecule has 0 unspecified atom stereocenters. The van der Waals surface area contributed by atoms with Gasteiger partial charge >= 0.3 is 0 Å². The summed E-state index contributed by atoms with van der Waals surface area (Å²) < 4.78 is 18.3. The van der Waals surface area contributed by atoms with Crippen molar-refractivity contribution in [1.29, 1.82) is 0 Å². The standard InChI is InChI=1S/2C21H21N7O.C20H18ClN7O.C20H18N6O2/c1-15-5-2-3-6-17(15)28-14-23-19(25-28)21(29)24-16-8-11-27(13-16)20-18-7-4-10-26(18)12-9-22-20;1-15-7-10-26-12-9-22-20(18(15)26)27-11-8-16(13-27)24-21(29)19-23-14-28(25-19)17-5-3-2-4-6-17;21-14-3-5-16(6-4-14)28-13-23-18(25-28)20(29)24-15-7-10-27(12-15)19-17-2-1-9-26(17)11-8-22-19;27-19(17-23-20(28-24-17)14-5-2-1-3-6-14)22-15-8-11-26(13-15)18-16-7-4-10-25(16)12-9-21-18/h2*2-7,9-10,12,14,16H,8,11,13H2,1H3,(H,24,29);1-6,8-9,11,13,15H,7,10,12H2,(H,24,29);1-7,9-10,12,15H,8,11,13H2,(H,22,27)/t2*16-;2*15-/m0000/s1. The minimum Gasteiger partial charge on any atom is -0.353 e. The van der Waals surface area contributed by atoms with Crippen LogP contribution >= 0.6 is 11.6 Å². The van der Waals surface area contributed by atoms with Crippen molar-refractivity contribution in [2.24, 2.45) is 0 Å². The molecule has 16 aromatic rings. The van der Waals surface area contributed by atoms with Gasteiger partial charge in [-0.25, -0.2) is 48.9 Å². The summed E-state index contributed by atoms with van der Waals surface area (Å²) in [6.07, 6.45) is 31.0. The average Bonchev–Trinajstić information content (AvgIpc) is 1.66. The second-order valence-electron chi connectivity index (χ2n) is 28.2. The maximum absolute atomic E-state index is 12.7. The van der Waals surface area contributed by atoms with Crippen LogP contribution in [-0.2, 0) is 0 Å². The number of carbonyl (C=O) groups excluding carboxylic acids is 4. The van der Waals surface area contributed by atoms with Crippen molar-refractivity contribution in [3.63, 3.8) is 0 Å². The Morgan fingerprint density at radius 3 is 1.26 bits per heavy atom. The fourth-order valence-corrected chi connectivity index (χ4v) is 14.9. The quantitative estimate of drug-likeness (QED) is 0.0699. The molecular weight excluding hydrogens is 1480 g/mol. The lowest BCUT2D eigenvalue weighted by atomic mass is 10.2. The van der Waals surface area contributed by atoms with E-state index in [4.69, 9.17) is 16.1 Å². The molecule has 33 heteroatoms. The number of carbonyl (C=O) groups is 4. The van der Waals surface area contributed by atoms with E-state index in [1.54, 1.807) is 57.4 Å². The highest BCUT2D eigenvalue weighted by Crippen LogP contribution is 2.30. The number of hydrogen-bond donors (Lipinski definition) is 4. The summed E-state index contributed by atoms with van der Waals surface area (Å²) in [6, 6.07) is 48.4. The number of rotatable bonds is 16. The summed E-state index contributed by atoms with van der Waals surface area (Å²) in [7, 11) is 0. The highest BCUT2D eigenvalue weighted by molar-refractivity contribution is 6.30. The molecule has 0 bridgehead atoms. The van der Waals surface area contributed by atoms with Crippen LogP contribution < -0.4 is 40.9 Å². The van der Waals surface area contributed by atoms with Crippen molar-refractivity contribution in [1.82, 2.24) is 113 Å². The van der Waals surface area contributed by atoms with E-state index < -0.39 is 0 Å². The Labute approximate surface area is 662 Å². The number of aryl methyl sites for hydroxylation is 2. The van der Waals surface area contributed by atoms with Gasteiger partial charge in [0.1, 0.15) is 19.0 Å². The van der Waals surface area contributed by atoms with E-state index in [1.807, 2.05) is 199 Å². The molecule has 20 rings (SSSR count). The lowest BCUT2D eigenvalue weighted by molar-refractivity contribution is 0.0919. The van der Waals surface area contributed by atoms with Crippen LogP contribution in [0, 0.1) is 13.8 Å². The Balaban J connectivity index is 0.000000111. The Hall–Kier alpha value is -14.4. The molecule has 0 aliphatic carbocycles. The molecule has 0 saturated carbocycles. The van der Waals surface area contributed by atoms with Gasteiger partial charge in [-0.2, -0.15) is 4.98 Å². The molecule has 16 heterocycles. The monoisotopic (exact) mass is 1560 g/mol. The lowest BCUT2D eigenvalue weighted by Gasteiger charge is -2.19. The zero-order chi connectivity index (χ0) is 78.3. The normalized spacial score (nSPS) is 16.5. The van der Waals surface area contributed by atoms with Crippen LogP contribution in [0.15, 0.2) is 250 Å². The predicted molar refractivity (Wildman–Crippen MR) is 431 cm³/mol. The van der Waals surface area contributed by atoms with Gasteiger partial charge in [-0.05, 0) is 148 Å². The molecule has 4 saturated heterocycles. The number of anilines is 4. The highest BCUT2D eigenvalue weighted by Gasteiger charge is 2.33. The molecule has 4 N–H and O–H groups in total. The van der Waals surface area contributed by atoms with Crippen LogP contribution in [0.5, 0.6) is 0 Å². The number of para-hydroxylation sites is 2. The van der Waals surface area contributed by atoms with E-state index in [9.17, 15) is 19.2 Å². The van der Waals surface area contributed by atoms with Crippen LogP contribution in [-0.4, -0.2) is 192 Å². The van der Waals surface area contributed by atoms with Gasteiger partial charge in [-0.3, -0.25) is 19.2 Å². The number of halogens is 1. The Bertz CT molecular complexity index is 6110. The van der Waals surface area contributed by atoms with Gasteiger partial charge < -0.3 is 63.0 Å². The Morgan fingerprint density at radius 2 is 0.783 bits per heavy atom. The molecule has 4 aliphatic rings. The molecule has 4 aromatic carbocycles. The van der Waals surface area contributed by atoms with Gasteiger partial charge in [0.25, 0.3) is 35.3 Å². The first-order valence-electron chi connectivity index (χ1n) is 37.7. The van der Waals surface area contributed by atoms with Crippen LogP contribution in [0.2, 0.25) is 5.02 Å². The first-order chi connectivity index (χ1) is 56.3. The van der Waals surface area contributed by atoms with Gasteiger partial charge in [0.2, 0.25) is 17.5 Å². The lowest BCUT2D eigenvalue weighted by Crippen LogP contribution is -2.37. The van der Waals surface area contributed by atoms with E-state index in [0.717, 1.165) is 125 Å². The van der Waals surface area contributed by atoms with Gasteiger partial charge in [-0.1, -0.05) is 71.4 Å². The summed E-state index contributed by atoms with van der Waals surface area (Å²) >= 11 is 5.91. The fourth-order valence-electron chi connectivity index (χ4n) is 14.8. The molecule has 4 atom stereocenters. The molecule has 115 heavy (non-hydrogen) atoms. The molecule has 12 aromatic heterocycles. The van der Waals surface area contributed by atoms with Crippen molar-refractivity contribution < 1.29 is 23.7 Å². The first-order valence-corrected chi connectivity index (χ1v) is 38.1. The van der Waals surface area contributed by atoms with E-state index in [-0.39, 0.29) is 71.1 Å². The molecule has 4 aliphatic heterocycles. The van der Waals surface area contributed by atoms with E-state index in [0.29, 0.717) is 37.1 Å². The third kappa shape index (κ3) is 16.2. The van der Waals surface area contributed by atoms with Gasteiger partial charge in [0, 0.05) is 161 Å². The topological polar surface area (TPSA) is 330 Å². The summed E-state index contributed by atoms with van der Waals surface area (Å²) in [5, 5.41) is 29.6. The Morgan fingerprint density at radius 1 is 0.383 bits per heavy atom. The van der Waals surface area contributed by atoms with Crippen molar-refractivity contribution >= 4 is 80.6 Å². The number of nitrogens with zero attached hydrogens (tertiary/aromatic N) is 23. The number of fused-ring (bicyclic) bond motifs is 4. The van der Waals surface area contributed by atoms with Crippen molar-refractivity contribution in [3.05, 3.63) is 284 Å². The van der Waals surface area contributed by atoms with Crippen molar-refractivity contribution in [3.8, 4) is 28.5 Å². The molecule has 0 radical (unpaired) electrons. The number of amides is 4. The van der Waals surface area contributed by atoms with Gasteiger partial charge in [0.05, 0.1) is 39.1 Å². The van der Waals surface area contributed by atoms with Gasteiger partial charge in [0.15, 0.2) is 23.3 Å². The van der Waals surface area contributed by atoms with Crippen LogP contribution in [0.4, 0.5) is 23.3 Å². The zero-order valence-electron chi connectivity index (χ0n) is 62.6. The average molecular weight is 1560 g/mol. The molecule has 0 spiro atoms. The maximum atomic E-state index is 12.7. The SMILES string of the molecule is Cc1ccccc1-n1cnc(C(=O)N[C@H]2CCN(c3nccn4cccc34)C2)n1.Cc1ccn2ccnc(N3CC[C@H](NC(=O)c4ncn(-c5ccccc5)n4)C3)c12.O=C(N[C@H]1CCN(c2nccn3cccc23)C1)c1ncn(-c2ccc(Cl)cc2)n1.O=C(N[C@H]1CCN(c2nccn3cccc23)C1)c1noc(-c2ccccc2)n1. The molecular formula is C82H78ClN27O5. The molecule has 4 fully saturated rings. The molecule has 32 nitrogen and oxygen atoms in total. The van der Waals surface area contributed by atoms with Gasteiger partial charge in [-0.15, -0.1) is 15.3 Å². The smallest absolute Gasteiger partial charge is 0.292 e. The summed E-state index contributed by atoms with van der Waals surface area (Å²) in [4.78, 5) is 94.1. The zero-order valence-corrected chi connectivity index (χ0v) is 63.3. The number of benzene rings is 4. The number of aromatic nitrogens is 19. The summed E-state index contributed by atoms with van der Waals surface area (Å²) in [5.41, 5.74) is 9.92. The van der Waals surface area contributed by atoms with E-state index in [2.05, 4.69) is 129 Å².